The first-order valence-corrected chi connectivity index (χ1v) is 8.72. The van der Waals surface area contributed by atoms with Crippen molar-refractivity contribution in [1.29, 1.82) is 0 Å². The molecule has 3 aromatic heterocycles. The van der Waals surface area contributed by atoms with Gasteiger partial charge in [-0.05, 0) is 24.3 Å². The molecule has 0 fully saturated rings. The van der Waals surface area contributed by atoms with E-state index >= 15 is 0 Å². The van der Waals surface area contributed by atoms with Gasteiger partial charge >= 0.3 is 12.1 Å². The fourth-order valence-electron chi connectivity index (χ4n) is 2.18. The standard InChI is InChI=1S/C17H16N6O3S/c1-2-7-18-16(24)23-14-6-4-11-15(22-14)21-12(9-19-11)13-5-3-10(27-13)8-20-17(25)26/h2-6,9,20H,1,7-8H2,(H,25,26)(H2,18,21,22,23,24). The number of thiophene rings is 1. The van der Waals surface area contributed by atoms with Gasteiger partial charge in [0.05, 0.1) is 17.6 Å². The van der Waals surface area contributed by atoms with Crippen LogP contribution in [-0.4, -0.2) is 38.7 Å². The van der Waals surface area contributed by atoms with Crippen molar-refractivity contribution in [2.75, 3.05) is 11.9 Å². The Kier molecular flexibility index (Phi) is 5.57. The summed E-state index contributed by atoms with van der Waals surface area (Å²) in [6, 6.07) is 6.66. The van der Waals surface area contributed by atoms with E-state index in [4.69, 9.17) is 5.11 Å². The maximum atomic E-state index is 11.7. The molecule has 3 amide bonds. The summed E-state index contributed by atoms with van der Waals surface area (Å²) in [6.45, 7) is 4.11. The van der Waals surface area contributed by atoms with Gasteiger partial charge < -0.3 is 15.7 Å². The largest absolute Gasteiger partial charge is 0.465 e. The van der Waals surface area contributed by atoms with Crippen molar-refractivity contribution in [3.8, 4) is 10.6 Å². The second kappa shape index (κ2) is 8.23. The molecule has 3 aromatic rings. The van der Waals surface area contributed by atoms with Crippen LogP contribution in [0.4, 0.5) is 15.4 Å². The zero-order valence-electron chi connectivity index (χ0n) is 14.1. The number of nitrogens with zero attached hydrogens (tertiary/aromatic N) is 3. The van der Waals surface area contributed by atoms with Gasteiger partial charge in [-0.15, -0.1) is 17.9 Å². The topological polar surface area (TPSA) is 129 Å². The quantitative estimate of drug-likeness (QED) is 0.484. The second-order valence-electron chi connectivity index (χ2n) is 5.34. The van der Waals surface area contributed by atoms with Crippen LogP contribution >= 0.6 is 11.3 Å². The highest BCUT2D eigenvalue weighted by atomic mass is 32.1. The zero-order chi connectivity index (χ0) is 19.2. The van der Waals surface area contributed by atoms with Crippen LogP contribution in [0.2, 0.25) is 0 Å². The molecule has 138 valence electrons. The normalized spacial score (nSPS) is 10.4. The number of pyridine rings is 1. The lowest BCUT2D eigenvalue weighted by molar-refractivity contribution is 0.194. The summed E-state index contributed by atoms with van der Waals surface area (Å²) in [5.74, 6) is 0.355. The summed E-state index contributed by atoms with van der Waals surface area (Å²) < 4.78 is 0. The summed E-state index contributed by atoms with van der Waals surface area (Å²) in [6.07, 6.45) is 2.14. The van der Waals surface area contributed by atoms with Gasteiger partial charge in [0.25, 0.3) is 0 Å². The molecule has 0 aromatic carbocycles. The summed E-state index contributed by atoms with van der Waals surface area (Å²) in [5.41, 5.74) is 1.61. The number of carboxylic acid groups (broad SMARTS) is 1. The van der Waals surface area contributed by atoms with Crippen LogP contribution in [-0.2, 0) is 6.54 Å². The number of rotatable bonds is 6. The minimum atomic E-state index is -1.07. The molecule has 3 heterocycles. The fourth-order valence-corrected chi connectivity index (χ4v) is 3.09. The molecule has 0 radical (unpaired) electrons. The summed E-state index contributed by atoms with van der Waals surface area (Å²) >= 11 is 1.42. The van der Waals surface area contributed by atoms with E-state index in [0.29, 0.717) is 29.2 Å². The van der Waals surface area contributed by atoms with Crippen molar-refractivity contribution >= 4 is 40.4 Å². The van der Waals surface area contributed by atoms with Crippen LogP contribution in [0.3, 0.4) is 0 Å². The molecule has 0 saturated heterocycles. The molecule has 10 heteroatoms. The van der Waals surface area contributed by atoms with Gasteiger partial charge in [0, 0.05) is 11.4 Å². The third-order valence-corrected chi connectivity index (χ3v) is 4.49. The van der Waals surface area contributed by atoms with Crippen LogP contribution in [0.1, 0.15) is 4.88 Å². The van der Waals surface area contributed by atoms with Crippen molar-refractivity contribution in [3.05, 3.63) is 48.0 Å². The number of anilines is 1. The highest BCUT2D eigenvalue weighted by Crippen LogP contribution is 2.27. The number of aromatic nitrogens is 3. The average molecular weight is 384 g/mol. The monoisotopic (exact) mass is 384 g/mol. The molecule has 0 aliphatic rings. The molecular formula is C17H16N6O3S. The third-order valence-electron chi connectivity index (χ3n) is 3.38. The van der Waals surface area contributed by atoms with Gasteiger partial charge in [-0.1, -0.05) is 6.08 Å². The SMILES string of the molecule is C=CCNC(=O)Nc1ccc2ncc(-c3ccc(CNC(=O)O)s3)nc2n1. The van der Waals surface area contributed by atoms with E-state index in [-0.39, 0.29) is 12.6 Å². The Morgan fingerprint density at radius 2 is 2.04 bits per heavy atom. The predicted octanol–water partition coefficient (Wildman–Crippen LogP) is 2.83. The Morgan fingerprint density at radius 3 is 2.81 bits per heavy atom. The Bertz CT molecular complexity index is 1000. The number of carbonyl (C=O) groups excluding carboxylic acids is 1. The number of fused-ring (bicyclic) bond motifs is 1. The fraction of sp³-hybridized carbons (Fsp3) is 0.118. The van der Waals surface area contributed by atoms with E-state index in [2.05, 4.69) is 37.5 Å². The number of hydrogen-bond donors (Lipinski definition) is 4. The summed E-state index contributed by atoms with van der Waals surface area (Å²) in [4.78, 5) is 37.2. The van der Waals surface area contributed by atoms with Gasteiger partial charge in [0.15, 0.2) is 5.65 Å². The lowest BCUT2D eigenvalue weighted by Crippen LogP contribution is -2.28. The number of carbonyl (C=O) groups is 2. The van der Waals surface area contributed by atoms with Crippen molar-refractivity contribution in [3.63, 3.8) is 0 Å². The zero-order valence-corrected chi connectivity index (χ0v) is 14.9. The number of urea groups is 1. The first kappa shape index (κ1) is 18.3. The number of amides is 3. The van der Waals surface area contributed by atoms with Crippen molar-refractivity contribution in [2.45, 2.75) is 6.54 Å². The average Bonchev–Trinajstić information content (AvgIpc) is 3.13. The van der Waals surface area contributed by atoms with Gasteiger partial charge in [-0.2, -0.15) is 0 Å². The van der Waals surface area contributed by atoms with E-state index in [0.717, 1.165) is 9.75 Å². The first-order chi connectivity index (χ1) is 13.0. The van der Waals surface area contributed by atoms with E-state index in [9.17, 15) is 9.59 Å². The van der Waals surface area contributed by atoms with Gasteiger partial charge in [-0.3, -0.25) is 10.3 Å². The maximum Gasteiger partial charge on any atom is 0.404 e. The Morgan fingerprint density at radius 1 is 1.19 bits per heavy atom. The third kappa shape index (κ3) is 4.76. The first-order valence-electron chi connectivity index (χ1n) is 7.90. The highest BCUT2D eigenvalue weighted by Gasteiger charge is 2.09. The van der Waals surface area contributed by atoms with Crippen molar-refractivity contribution < 1.29 is 14.7 Å². The molecule has 3 rings (SSSR count). The van der Waals surface area contributed by atoms with Crippen molar-refractivity contribution in [2.24, 2.45) is 0 Å². The van der Waals surface area contributed by atoms with Crippen LogP contribution in [0.25, 0.3) is 21.7 Å². The number of hydrogen-bond acceptors (Lipinski definition) is 6. The van der Waals surface area contributed by atoms with E-state index in [1.54, 1.807) is 24.4 Å². The molecule has 0 spiro atoms. The molecular weight excluding hydrogens is 368 g/mol. The smallest absolute Gasteiger partial charge is 0.404 e. The Hall–Kier alpha value is -3.53. The van der Waals surface area contributed by atoms with E-state index in [1.165, 1.54) is 11.3 Å². The van der Waals surface area contributed by atoms with Gasteiger partial charge in [0.1, 0.15) is 17.0 Å². The molecule has 0 aliphatic carbocycles. The van der Waals surface area contributed by atoms with Crippen LogP contribution in [0, 0.1) is 0 Å². The summed E-state index contributed by atoms with van der Waals surface area (Å²) in [7, 11) is 0. The minimum absolute atomic E-state index is 0.229. The van der Waals surface area contributed by atoms with Crippen LogP contribution < -0.4 is 16.0 Å². The van der Waals surface area contributed by atoms with Crippen LogP contribution in [0.5, 0.6) is 0 Å². The lowest BCUT2D eigenvalue weighted by atomic mass is 10.3. The van der Waals surface area contributed by atoms with Crippen molar-refractivity contribution in [1.82, 2.24) is 25.6 Å². The van der Waals surface area contributed by atoms with Gasteiger partial charge in [0.2, 0.25) is 0 Å². The second-order valence-corrected chi connectivity index (χ2v) is 6.51. The molecule has 0 unspecified atom stereocenters. The van der Waals surface area contributed by atoms with E-state index < -0.39 is 6.09 Å². The van der Waals surface area contributed by atoms with Gasteiger partial charge in [-0.25, -0.2) is 19.6 Å². The predicted molar refractivity (Wildman–Crippen MR) is 103 cm³/mol. The molecule has 0 atom stereocenters. The molecule has 4 N–H and O–H groups in total. The Balaban J connectivity index is 1.80. The molecule has 9 nitrogen and oxygen atoms in total. The number of nitrogens with one attached hydrogen (secondary N) is 3. The molecule has 0 saturated carbocycles. The van der Waals surface area contributed by atoms with Crippen LogP contribution in [0.15, 0.2) is 43.1 Å². The molecule has 0 aliphatic heterocycles. The summed E-state index contributed by atoms with van der Waals surface area (Å²) in [5, 5.41) is 16.2. The Labute approximate surface area is 158 Å². The maximum absolute atomic E-state index is 11.7. The van der Waals surface area contributed by atoms with E-state index in [1.807, 2.05) is 12.1 Å². The highest BCUT2D eigenvalue weighted by molar-refractivity contribution is 7.15. The minimum Gasteiger partial charge on any atom is -0.465 e. The lowest BCUT2D eigenvalue weighted by Gasteiger charge is -2.06. The molecule has 0 bridgehead atoms. The molecule has 27 heavy (non-hydrogen) atoms.